The molecule has 26 heavy (non-hydrogen) atoms. The Balaban J connectivity index is 1.74. The van der Waals surface area contributed by atoms with E-state index in [1.165, 1.54) is 31.4 Å². The third-order valence-corrected chi connectivity index (χ3v) is 4.91. The Morgan fingerprint density at radius 3 is 2.58 bits per heavy atom. The first-order valence-electron chi connectivity index (χ1n) is 9.10. The lowest BCUT2D eigenvalue weighted by molar-refractivity contribution is 0.269. The van der Waals surface area contributed by atoms with Gasteiger partial charge < -0.3 is 14.4 Å². The van der Waals surface area contributed by atoms with Gasteiger partial charge in [0.15, 0.2) is 11.5 Å². The Hall–Kier alpha value is -2.14. The first-order chi connectivity index (χ1) is 12.7. The van der Waals surface area contributed by atoms with E-state index < -0.39 is 0 Å². The number of hydrogen-bond donors (Lipinski definition) is 0. The van der Waals surface area contributed by atoms with Gasteiger partial charge in [-0.3, -0.25) is 0 Å². The minimum atomic E-state index is -0.265. The number of ether oxygens (including phenoxy) is 2. The Bertz CT molecular complexity index is 759. The van der Waals surface area contributed by atoms with Crippen LogP contribution in [0.5, 0.6) is 11.5 Å². The maximum absolute atomic E-state index is 13.3. The predicted molar refractivity (Wildman–Crippen MR) is 105 cm³/mol. The van der Waals surface area contributed by atoms with Crippen LogP contribution in [-0.2, 0) is 6.61 Å². The van der Waals surface area contributed by atoms with Gasteiger partial charge >= 0.3 is 0 Å². The van der Waals surface area contributed by atoms with Crippen molar-refractivity contribution in [1.82, 2.24) is 4.90 Å². The van der Waals surface area contributed by atoms with Gasteiger partial charge in [0.1, 0.15) is 17.4 Å². The molecule has 3 nitrogen and oxygen atoms in total. The van der Waals surface area contributed by atoms with Crippen LogP contribution in [0, 0.1) is 5.82 Å². The highest BCUT2D eigenvalue weighted by atomic mass is 32.1. The molecule has 1 saturated heterocycles. The van der Waals surface area contributed by atoms with E-state index in [2.05, 4.69) is 4.90 Å². The summed E-state index contributed by atoms with van der Waals surface area (Å²) in [6.45, 7) is 4.79. The van der Waals surface area contributed by atoms with Crippen molar-refractivity contribution < 1.29 is 13.9 Å². The van der Waals surface area contributed by atoms with Crippen molar-refractivity contribution in [3.05, 3.63) is 59.4 Å². The van der Waals surface area contributed by atoms with Crippen LogP contribution in [0.3, 0.4) is 0 Å². The van der Waals surface area contributed by atoms with Crippen LogP contribution < -0.4 is 9.47 Å². The highest BCUT2D eigenvalue weighted by Gasteiger charge is 2.17. The Morgan fingerprint density at radius 2 is 1.85 bits per heavy atom. The molecule has 0 amide bonds. The Morgan fingerprint density at radius 1 is 1.04 bits per heavy atom. The molecule has 2 aromatic carbocycles. The van der Waals surface area contributed by atoms with Crippen LogP contribution in [0.25, 0.3) is 0 Å². The number of nitrogens with zero attached hydrogens (tertiary/aromatic N) is 1. The summed E-state index contributed by atoms with van der Waals surface area (Å²) in [4.78, 5) is 3.12. The predicted octanol–water partition coefficient (Wildman–Crippen LogP) is 4.96. The van der Waals surface area contributed by atoms with E-state index in [4.69, 9.17) is 21.7 Å². The summed E-state index contributed by atoms with van der Waals surface area (Å²) in [6.07, 6.45) is 3.65. The maximum Gasteiger partial charge on any atom is 0.161 e. The van der Waals surface area contributed by atoms with E-state index in [9.17, 15) is 4.39 Å². The number of hydrogen-bond acceptors (Lipinski definition) is 3. The molecule has 0 aromatic heterocycles. The normalized spacial score (nSPS) is 14.2. The Labute approximate surface area is 159 Å². The van der Waals surface area contributed by atoms with Crippen molar-refractivity contribution in [3.8, 4) is 11.5 Å². The van der Waals surface area contributed by atoms with Gasteiger partial charge in [0.05, 0.1) is 6.61 Å². The largest absolute Gasteiger partial charge is 0.490 e. The molecule has 3 rings (SSSR count). The van der Waals surface area contributed by atoms with Gasteiger partial charge in [0, 0.05) is 18.7 Å². The van der Waals surface area contributed by atoms with Crippen molar-refractivity contribution in [2.45, 2.75) is 32.8 Å². The van der Waals surface area contributed by atoms with Crippen molar-refractivity contribution in [2.75, 3.05) is 19.7 Å². The van der Waals surface area contributed by atoms with Crippen LogP contribution in [0.1, 0.15) is 37.3 Å². The van der Waals surface area contributed by atoms with E-state index in [-0.39, 0.29) is 12.4 Å². The van der Waals surface area contributed by atoms with Gasteiger partial charge in [-0.2, -0.15) is 0 Å². The number of rotatable bonds is 6. The molecule has 0 N–H and O–H groups in total. The quantitative estimate of drug-likeness (QED) is 0.667. The minimum absolute atomic E-state index is 0.265. The second kappa shape index (κ2) is 8.99. The van der Waals surface area contributed by atoms with E-state index >= 15 is 0 Å². The lowest BCUT2D eigenvalue weighted by atomic mass is 10.1. The topological polar surface area (TPSA) is 21.7 Å². The fourth-order valence-corrected chi connectivity index (χ4v) is 3.41. The van der Waals surface area contributed by atoms with Gasteiger partial charge in [0.25, 0.3) is 0 Å². The van der Waals surface area contributed by atoms with Crippen LogP contribution >= 0.6 is 12.2 Å². The first-order valence-corrected chi connectivity index (χ1v) is 9.51. The molecule has 1 aliphatic rings. The lowest BCUT2D eigenvalue weighted by Crippen LogP contribution is -2.34. The highest BCUT2D eigenvalue weighted by Crippen LogP contribution is 2.30. The van der Waals surface area contributed by atoms with Gasteiger partial charge in [-0.15, -0.1) is 0 Å². The monoisotopic (exact) mass is 373 g/mol. The molecule has 0 unspecified atom stereocenters. The minimum Gasteiger partial charge on any atom is -0.490 e. The number of piperidine rings is 1. The molecule has 2 aromatic rings. The van der Waals surface area contributed by atoms with Crippen LogP contribution in [0.2, 0.25) is 0 Å². The van der Waals surface area contributed by atoms with Gasteiger partial charge in [-0.1, -0.05) is 24.4 Å². The fourth-order valence-electron chi connectivity index (χ4n) is 3.10. The number of halogens is 1. The molecular weight excluding hydrogens is 349 g/mol. The summed E-state index contributed by atoms with van der Waals surface area (Å²) in [7, 11) is 0. The molecule has 0 atom stereocenters. The van der Waals surface area contributed by atoms with Crippen molar-refractivity contribution in [2.24, 2.45) is 0 Å². The molecule has 0 aliphatic carbocycles. The van der Waals surface area contributed by atoms with Crippen LogP contribution in [-0.4, -0.2) is 29.6 Å². The third-order valence-electron chi connectivity index (χ3n) is 4.42. The molecule has 0 saturated carbocycles. The SMILES string of the molecule is CCOc1cc(C(=S)N2CCCCC2)ccc1OCc1cccc(F)c1. The van der Waals surface area contributed by atoms with E-state index in [1.807, 2.05) is 31.2 Å². The van der Waals surface area contributed by atoms with E-state index in [1.54, 1.807) is 6.07 Å². The standard InChI is InChI=1S/C21H24FNO2S/c1-2-24-20-14-17(21(26)23-11-4-3-5-12-23)9-10-19(20)25-15-16-7-6-8-18(22)13-16/h6-10,13-14H,2-5,11-12,15H2,1H3. The summed E-state index contributed by atoms with van der Waals surface area (Å²) < 4.78 is 24.9. The second-order valence-corrected chi connectivity index (χ2v) is 6.75. The molecule has 1 heterocycles. The lowest BCUT2D eigenvalue weighted by Gasteiger charge is -2.29. The average Bonchev–Trinajstić information content (AvgIpc) is 2.67. The van der Waals surface area contributed by atoms with Gasteiger partial charge in [-0.25, -0.2) is 4.39 Å². The summed E-state index contributed by atoms with van der Waals surface area (Å²) in [5, 5.41) is 0. The molecule has 0 spiro atoms. The molecule has 0 radical (unpaired) electrons. The first kappa shape index (κ1) is 18.6. The average molecular weight is 373 g/mol. The summed E-state index contributed by atoms with van der Waals surface area (Å²) in [6, 6.07) is 12.2. The molecular formula is C21H24FNO2S. The van der Waals surface area contributed by atoms with E-state index in [0.29, 0.717) is 18.1 Å². The second-order valence-electron chi connectivity index (χ2n) is 6.37. The highest BCUT2D eigenvalue weighted by molar-refractivity contribution is 7.80. The molecule has 138 valence electrons. The zero-order valence-electron chi connectivity index (χ0n) is 15.0. The zero-order chi connectivity index (χ0) is 18.4. The van der Waals surface area contributed by atoms with Crippen LogP contribution in [0.15, 0.2) is 42.5 Å². The molecule has 0 bridgehead atoms. The van der Waals surface area contributed by atoms with Crippen molar-refractivity contribution in [1.29, 1.82) is 0 Å². The fraction of sp³-hybridized carbons (Fsp3) is 0.381. The summed E-state index contributed by atoms with van der Waals surface area (Å²) >= 11 is 5.67. The smallest absolute Gasteiger partial charge is 0.161 e. The van der Waals surface area contributed by atoms with E-state index in [0.717, 1.165) is 29.2 Å². The molecule has 1 aliphatic heterocycles. The van der Waals surface area contributed by atoms with Crippen molar-refractivity contribution in [3.63, 3.8) is 0 Å². The number of benzene rings is 2. The number of thiocarbonyl (C=S) groups is 1. The zero-order valence-corrected chi connectivity index (χ0v) is 15.9. The number of likely N-dealkylation sites (tertiary alicyclic amines) is 1. The van der Waals surface area contributed by atoms with Gasteiger partial charge in [0.2, 0.25) is 0 Å². The summed E-state index contributed by atoms with van der Waals surface area (Å²) in [5.41, 5.74) is 1.75. The molecule has 1 fully saturated rings. The Kier molecular flexibility index (Phi) is 6.45. The summed E-state index contributed by atoms with van der Waals surface area (Å²) in [5.74, 6) is 1.04. The molecule has 5 heteroatoms. The third kappa shape index (κ3) is 4.73. The van der Waals surface area contributed by atoms with Crippen molar-refractivity contribution >= 4 is 17.2 Å². The van der Waals surface area contributed by atoms with Crippen LogP contribution in [0.4, 0.5) is 4.39 Å². The maximum atomic E-state index is 13.3. The van der Waals surface area contributed by atoms with Gasteiger partial charge in [-0.05, 0) is 62.1 Å².